The third-order valence-corrected chi connectivity index (χ3v) is 2.19. The zero-order valence-corrected chi connectivity index (χ0v) is 9.23. The van der Waals surface area contributed by atoms with Gasteiger partial charge in [0.05, 0.1) is 10.6 Å². The first-order valence-corrected chi connectivity index (χ1v) is 4.91. The molecule has 1 unspecified atom stereocenters. The Morgan fingerprint density at radius 2 is 2.19 bits per heavy atom. The molecule has 0 bridgehead atoms. The zero-order valence-electron chi connectivity index (χ0n) is 8.48. The monoisotopic (exact) mass is 253 g/mol. The number of alkyl halides is 3. The number of nitrogens with one attached hydrogen (secondary N) is 1. The molecule has 1 heterocycles. The highest BCUT2D eigenvalue weighted by atomic mass is 35.5. The first kappa shape index (κ1) is 13.1. The maximum atomic E-state index is 12.3. The second-order valence-electron chi connectivity index (χ2n) is 3.33. The molecule has 1 atom stereocenters. The summed E-state index contributed by atoms with van der Waals surface area (Å²) in [5.74, 6) is 0.201. The minimum atomic E-state index is -4.44. The van der Waals surface area contributed by atoms with E-state index in [0.29, 0.717) is 6.54 Å². The van der Waals surface area contributed by atoms with Crippen molar-refractivity contribution in [2.24, 2.45) is 5.73 Å². The Labute approximate surface area is 95.8 Å². The molecule has 90 valence electrons. The van der Waals surface area contributed by atoms with Crippen LogP contribution < -0.4 is 11.1 Å². The molecule has 0 spiro atoms. The van der Waals surface area contributed by atoms with E-state index in [1.807, 2.05) is 0 Å². The van der Waals surface area contributed by atoms with Gasteiger partial charge >= 0.3 is 6.18 Å². The number of hydrogen-bond acceptors (Lipinski definition) is 3. The molecule has 16 heavy (non-hydrogen) atoms. The van der Waals surface area contributed by atoms with Crippen LogP contribution in [0.5, 0.6) is 0 Å². The molecule has 3 nitrogen and oxygen atoms in total. The van der Waals surface area contributed by atoms with Crippen LogP contribution in [0, 0.1) is 0 Å². The molecular formula is C9H11ClF3N3. The van der Waals surface area contributed by atoms with E-state index in [9.17, 15) is 13.2 Å². The Morgan fingerprint density at radius 1 is 1.56 bits per heavy atom. The van der Waals surface area contributed by atoms with Gasteiger partial charge in [0.15, 0.2) is 0 Å². The quantitative estimate of drug-likeness (QED) is 0.870. The first-order valence-electron chi connectivity index (χ1n) is 4.54. The largest absolute Gasteiger partial charge is 0.417 e. The van der Waals surface area contributed by atoms with Crippen molar-refractivity contribution in [2.75, 3.05) is 11.9 Å². The average Bonchev–Trinajstić information content (AvgIpc) is 2.19. The number of aromatic nitrogens is 1. The fourth-order valence-electron chi connectivity index (χ4n) is 0.991. The van der Waals surface area contributed by atoms with E-state index in [0.717, 1.165) is 12.3 Å². The highest BCUT2D eigenvalue weighted by Gasteiger charge is 2.31. The number of halogens is 4. The van der Waals surface area contributed by atoms with Gasteiger partial charge in [-0.1, -0.05) is 11.6 Å². The third kappa shape index (κ3) is 3.24. The van der Waals surface area contributed by atoms with E-state index in [-0.39, 0.29) is 16.9 Å². The van der Waals surface area contributed by atoms with Gasteiger partial charge in [0.2, 0.25) is 0 Å². The predicted octanol–water partition coefficient (Wildman–Crippen LogP) is 2.51. The molecule has 0 fully saturated rings. The van der Waals surface area contributed by atoms with Crippen molar-refractivity contribution in [1.29, 1.82) is 0 Å². The summed E-state index contributed by atoms with van der Waals surface area (Å²) in [5.41, 5.74) is 4.48. The first-order chi connectivity index (χ1) is 7.34. The number of nitrogens with two attached hydrogens (primary N) is 1. The molecule has 1 aromatic rings. The maximum Gasteiger partial charge on any atom is 0.417 e. The topological polar surface area (TPSA) is 50.9 Å². The van der Waals surface area contributed by atoms with Crippen LogP contribution in [-0.4, -0.2) is 17.6 Å². The smallest absolute Gasteiger partial charge is 0.365 e. The Balaban J connectivity index is 2.92. The Bertz CT molecular complexity index is 368. The fraction of sp³-hybridized carbons (Fsp3) is 0.444. The lowest BCUT2D eigenvalue weighted by Gasteiger charge is -2.14. The van der Waals surface area contributed by atoms with Gasteiger partial charge in [-0.25, -0.2) is 4.98 Å². The van der Waals surface area contributed by atoms with Crippen LogP contribution in [-0.2, 0) is 6.18 Å². The minimum Gasteiger partial charge on any atom is -0.365 e. The summed E-state index contributed by atoms with van der Waals surface area (Å²) in [5, 5.41) is 2.73. The lowest BCUT2D eigenvalue weighted by atomic mass is 10.2. The van der Waals surface area contributed by atoms with E-state index in [2.05, 4.69) is 10.3 Å². The number of nitrogens with zero attached hydrogens (tertiary/aromatic N) is 1. The lowest BCUT2D eigenvalue weighted by molar-refractivity contribution is -0.137. The summed E-state index contributed by atoms with van der Waals surface area (Å²) in [4.78, 5) is 3.61. The van der Waals surface area contributed by atoms with Crippen LogP contribution in [0.25, 0.3) is 0 Å². The van der Waals surface area contributed by atoms with Gasteiger partial charge in [-0.2, -0.15) is 13.2 Å². The Hall–Kier alpha value is -1.01. The van der Waals surface area contributed by atoms with E-state index < -0.39 is 11.7 Å². The molecule has 0 saturated carbocycles. The van der Waals surface area contributed by atoms with Gasteiger partial charge in [-0.3, -0.25) is 0 Å². The fourth-order valence-corrected chi connectivity index (χ4v) is 1.21. The normalized spacial score (nSPS) is 13.6. The van der Waals surface area contributed by atoms with Gasteiger partial charge in [-0.05, 0) is 13.0 Å². The SMILES string of the molecule is CC(CN)Nc1ncc(C(F)(F)F)cc1Cl. The maximum absolute atomic E-state index is 12.3. The number of pyridine rings is 1. The molecule has 3 N–H and O–H groups in total. The Morgan fingerprint density at radius 3 is 2.62 bits per heavy atom. The number of anilines is 1. The van der Waals surface area contributed by atoms with Crippen LogP contribution in [0.3, 0.4) is 0 Å². The van der Waals surface area contributed by atoms with E-state index in [1.165, 1.54) is 0 Å². The summed E-state index contributed by atoms with van der Waals surface area (Å²) in [7, 11) is 0. The van der Waals surface area contributed by atoms with Gasteiger partial charge in [0, 0.05) is 18.8 Å². The van der Waals surface area contributed by atoms with Gasteiger partial charge in [0.25, 0.3) is 0 Å². The highest BCUT2D eigenvalue weighted by molar-refractivity contribution is 6.32. The predicted molar refractivity (Wildman–Crippen MR) is 56.4 cm³/mol. The van der Waals surface area contributed by atoms with Crippen molar-refractivity contribution in [2.45, 2.75) is 19.1 Å². The van der Waals surface area contributed by atoms with E-state index in [1.54, 1.807) is 6.92 Å². The van der Waals surface area contributed by atoms with Crippen LogP contribution >= 0.6 is 11.6 Å². The zero-order chi connectivity index (χ0) is 12.3. The van der Waals surface area contributed by atoms with Crippen molar-refractivity contribution in [3.63, 3.8) is 0 Å². The summed E-state index contributed by atoms with van der Waals surface area (Å²) in [6.07, 6.45) is -3.70. The van der Waals surface area contributed by atoms with Crippen LogP contribution in [0.1, 0.15) is 12.5 Å². The Kier molecular flexibility index (Phi) is 3.98. The summed E-state index contributed by atoms with van der Waals surface area (Å²) in [6, 6.07) is 0.724. The van der Waals surface area contributed by atoms with E-state index in [4.69, 9.17) is 17.3 Å². The molecular weight excluding hydrogens is 243 g/mol. The molecule has 0 aliphatic rings. The van der Waals surface area contributed by atoms with Crippen molar-refractivity contribution < 1.29 is 13.2 Å². The lowest BCUT2D eigenvalue weighted by Crippen LogP contribution is -2.25. The molecule has 7 heteroatoms. The molecule has 0 amide bonds. The van der Waals surface area contributed by atoms with Crippen LogP contribution in [0.15, 0.2) is 12.3 Å². The van der Waals surface area contributed by atoms with Gasteiger partial charge in [-0.15, -0.1) is 0 Å². The van der Waals surface area contributed by atoms with Crippen LogP contribution in [0.2, 0.25) is 5.02 Å². The molecule has 0 aliphatic heterocycles. The van der Waals surface area contributed by atoms with Crippen molar-refractivity contribution in [1.82, 2.24) is 4.98 Å². The molecule has 0 saturated heterocycles. The average molecular weight is 254 g/mol. The van der Waals surface area contributed by atoms with Crippen molar-refractivity contribution >= 4 is 17.4 Å². The van der Waals surface area contributed by atoms with Gasteiger partial charge < -0.3 is 11.1 Å². The second kappa shape index (κ2) is 4.88. The molecule has 1 rings (SSSR count). The molecule has 0 radical (unpaired) electrons. The summed E-state index contributed by atoms with van der Waals surface area (Å²) in [6.45, 7) is 2.11. The summed E-state index contributed by atoms with van der Waals surface area (Å²) < 4.78 is 36.9. The molecule has 1 aromatic heterocycles. The molecule has 0 aromatic carbocycles. The standard InChI is InChI=1S/C9H11ClF3N3/c1-5(3-14)16-8-7(10)2-6(4-15-8)9(11,12)13/h2,4-5H,3,14H2,1H3,(H,15,16). The number of rotatable bonds is 3. The summed E-state index contributed by atoms with van der Waals surface area (Å²) >= 11 is 5.67. The van der Waals surface area contributed by atoms with Crippen LogP contribution in [0.4, 0.5) is 19.0 Å². The van der Waals surface area contributed by atoms with Gasteiger partial charge in [0.1, 0.15) is 5.82 Å². The van der Waals surface area contributed by atoms with Crippen molar-refractivity contribution in [3.8, 4) is 0 Å². The molecule has 0 aliphatic carbocycles. The van der Waals surface area contributed by atoms with Crippen molar-refractivity contribution in [3.05, 3.63) is 22.8 Å². The van der Waals surface area contributed by atoms with E-state index >= 15 is 0 Å². The minimum absolute atomic E-state index is 0.0740. The third-order valence-electron chi connectivity index (χ3n) is 1.91. The highest BCUT2D eigenvalue weighted by Crippen LogP contribution is 2.32. The number of hydrogen-bond donors (Lipinski definition) is 2. The second-order valence-corrected chi connectivity index (χ2v) is 3.74.